The average molecular weight is 356 g/mol. The third-order valence-electron chi connectivity index (χ3n) is 3.87. The van der Waals surface area contributed by atoms with Crippen LogP contribution in [0.25, 0.3) is 0 Å². The highest BCUT2D eigenvalue weighted by molar-refractivity contribution is 9.10. The normalized spacial score (nSPS) is 12.4. The Hall–Kier alpha value is -0.540. The van der Waals surface area contributed by atoms with Crippen molar-refractivity contribution in [3.63, 3.8) is 0 Å². The summed E-state index contributed by atoms with van der Waals surface area (Å²) in [5.74, 6) is 0.973. The maximum atomic E-state index is 5.54. The lowest BCUT2D eigenvalue weighted by atomic mass is 9.98. The van der Waals surface area contributed by atoms with Crippen molar-refractivity contribution < 1.29 is 4.74 Å². The number of methoxy groups -OCH3 is 1. The van der Waals surface area contributed by atoms with E-state index in [-0.39, 0.29) is 0 Å². The van der Waals surface area contributed by atoms with Gasteiger partial charge in [0.2, 0.25) is 0 Å². The van der Waals surface area contributed by atoms with E-state index >= 15 is 0 Å². The number of halogens is 1. The number of hydrogen-bond acceptors (Lipinski definition) is 2. The molecule has 1 N–H and O–H groups in total. The molecule has 0 aliphatic heterocycles. The molecule has 0 spiro atoms. The van der Waals surface area contributed by atoms with Crippen molar-refractivity contribution in [3.8, 4) is 5.75 Å². The third kappa shape index (κ3) is 6.84. The first-order valence-corrected chi connectivity index (χ1v) is 9.09. The summed E-state index contributed by atoms with van der Waals surface area (Å²) in [6.07, 6.45) is 9.22. The van der Waals surface area contributed by atoms with Gasteiger partial charge in [0.15, 0.2) is 0 Å². The van der Waals surface area contributed by atoms with Crippen LogP contribution >= 0.6 is 15.9 Å². The molecule has 1 rings (SSSR count). The lowest BCUT2D eigenvalue weighted by molar-refractivity contribution is 0.392. The Kier molecular flexibility index (Phi) is 9.77. The van der Waals surface area contributed by atoms with Crippen molar-refractivity contribution in [1.29, 1.82) is 0 Å². The molecule has 0 saturated heterocycles. The Morgan fingerprint density at radius 2 is 1.81 bits per heavy atom. The Labute approximate surface area is 138 Å². The van der Waals surface area contributed by atoms with Crippen molar-refractivity contribution in [3.05, 3.63) is 28.2 Å². The maximum absolute atomic E-state index is 5.54. The van der Waals surface area contributed by atoms with Gasteiger partial charge in [-0.15, -0.1) is 0 Å². The van der Waals surface area contributed by atoms with Crippen LogP contribution in [-0.2, 0) is 0 Å². The Bertz CT molecular complexity index is 395. The molecule has 0 aromatic heterocycles. The van der Waals surface area contributed by atoms with Gasteiger partial charge < -0.3 is 10.1 Å². The van der Waals surface area contributed by atoms with Crippen LogP contribution in [0.3, 0.4) is 0 Å². The van der Waals surface area contributed by atoms with Gasteiger partial charge in [-0.25, -0.2) is 0 Å². The van der Waals surface area contributed by atoms with Crippen LogP contribution in [0.4, 0.5) is 0 Å². The van der Waals surface area contributed by atoms with E-state index in [1.165, 1.54) is 50.5 Å². The Balaban J connectivity index is 2.56. The fourth-order valence-electron chi connectivity index (χ4n) is 2.72. The van der Waals surface area contributed by atoms with Crippen molar-refractivity contribution in [2.45, 2.75) is 64.8 Å². The quantitative estimate of drug-likeness (QED) is 0.502. The van der Waals surface area contributed by atoms with E-state index in [1.54, 1.807) is 7.11 Å². The predicted molar refractivity (Wildman–Crippen MR) is 95.1 cm³/mol. The number of ether oxygens (including phenoxy) is 1. The summed E-state index contributed by atoms with van der Waals surface area (Å²) in [7, 11) is 1.75. The van der Waals surface area contributed by atoms with Crippen LogP contribution in [-0.4, -0.2) is 13.7 Å². The summed E-state index contributed by atoms with van der Waals surface area (Å²) in [5.41, 5.74) is 1.27. The van der Waals surface area contributed by atoms with Crippen molar-refractivity contribution in [2.24, 2.45) is 0 Å². The van der Waals surface area contributed by atoms with Gasteiger partial charge in [-0.2, -0.15) is 0 Å². The molecule has 0 bridgehead atoms. The molecule has 1 atom stereocenters. The highest BCUT2D eigenvalue weighted by atomic mass is 79.9. The molecule has 0 amide bonds. The number of benzene rings is 1. The Morgan fingerprint density at radius 3 is 2.48 bits per heavy atom. The van der Waals surface area contributed by atoms with E-state index in [0.717, 1.165) is 16.8 Å². The summed E-state index contributed by atoms with van der Waals surface area (Å²) in [6.45, 7) is 5.42. The van der Waals surface area contributed by atoms with E-state index in [4.69, 9.17) is 4.74 Å². The van der Waals surface area contributed by atoms with Crippen LogP contribution < -0.4 is 10.1 Å². The SMILES string of the molecule is CCCCCCCCC(NCC)c1ccc(Br)cc1OC. The molecule has 1 aromatic rings. The first-order valence-electron chi connectivity index (χ1n) is 8.29. The van der Waals surface area contributed by atoms with E-state index in [2.05, 4.69) is 53.3 Å². The predicted octanol–water partition coefficient (Wildman–Crippen LogP) is 5.86. The minimum Gasteiger partial charge on any atom is -0.496 e. The van der Waals surface area contributed by atoms with Crippen LogP contribution in [0.2, 0.25) is 0 Å². The molecule has 3 heteroatoms. The van der Waals surface area contributed by atoms with Gasteiger partial charge in [0, 0.05) is 16.1 Å². The van der Waals surface area contributed by atoms with Gasteiger partial charge in [-0.1, -0.05) is 74.4 Å². The van der Waals surface area contributed by atoms with Gasteiger partial charge in [0.1, 0.15) is 5.75 Å². The zero-order valence-corrected chi connectivity index (χ0v) is 15.3. The molecule has 0 aliphatic rings. The second kappa shape index (κ2) is 11.1. The van der Waals surface area contributed by atoms with Gasteiger partial charge >= 0.3 is 0 Å². The summed E-state index contributed by atoms with van der Waals surface area (Å²) < 4.78 is 6.61. The standard InChI is InChI=1S/C18H30BrNO/c1-4-6-7-8-9-10-11-17(20-5-2)16-13-12-15(19)14-18(16)21-3/h12-14,17,20H,4-11H2,1-3H3. The Morgan fingerprint density at radius 1 is 1.10 bits per heavy atom. The molecule has 0 saturated carbocycles. The van der Waals surface area contributed by atoms with Gasteiger partial charge in [0.05, 0.1) is 7.11 Å². The first-order chi connectivity index (χ1) is 10.2. The molecule has 0 fully saturated rings. The highest BCUT2D eigenvalue weighted by Gasteiger charge is 2.15. The molecule has 2 nitrogen and oxygen atoms in total. The second-order valence-corrected chi connectivity index (χ2v) is 6.47. The van der Waals surface area contributed by atoms with Crippen LogP contribution in [0.5, 0.6) is 5.75 Å². The summed E-state index contributed by atoms with van der Waals surface area (Å²) in [6, 6.07) is 6.72. The molecule has 21 heavy (non-hydrogen) atoms. The molecular weight excluding hydrogens is 326 g/mol. The largest absolute Gasteiger partial charge is 0.496 e. The van der Waals surface area contributed by atoms with E-state index < -0.39 is 0 Å². The minimum atomic E-state index is 0.393. The number of rotatable bonds is 11. The zero-order valence-electron chi connectivity index (χ0n) is 13.8. The lowest BCUT2D eigenvalue weighted by Crippen LogP contribution is -2.21. The topological polar surface area (TPSA) is 21.3 Å². The van der Waals surface area contributed by atoms with Crippen LogP contribution in [0.1, 0.15) is 70.4 Å². The van der Waals surface area contributed by atoms with Gasteiger partial charge in [-0.05, 0) is 25.1 Å². The molecule has 0 radical (unpaired) electrons. The first kappa shape index (κ1) is 18.5. The van der Waals surface area contributed by atoms with Gasteiger partial charge in [0.25, 0.3) is 0 Å². The second-order valence-electron chi connectivity index (χ2n) is 5.55. The smallest absolute Gasteiger partial charge is 0.124 e. The number of nitrogens with one attached hydrogen (secondary N) is 1. The number of hydrogen-bond donors (Lipinski definition) is 1. The van der Waals surface area contributed by atoms with Crippen molar-refractivity contribution in [1.82, 2.24) is 5.32 Å². The monoisotopic (exact) mass is 355 g/mol. The summed E-state index contributed by atoms with van der Waals surface area (Å²) >= 11 is 3.51. The average Bonchev–Trinajstić information content (AvgIpc) is 2.49. The van der Waals surface area contributed by atoms with Crippen molar-refractivity contribution in [2.75, 3.05) is 13.7 Å². The van der Waals surface area contributed by atoms with E-state index in [1.807, 2.05) is 0 Å². The lowest BCUT2D eigenvalue weighted by Gasteiger charge is -2.21. The van der Waals surface area contributed by atoms with E-state index in [9.17, 15) is 0 Å². The maximum Gasteiger partial charge on any atom is 0.124 e. The minimum absolute atomic E-state index is 0.393. The number of unbranched alkanes of at least 4 members (excludes halogenated alkanes) is 5. The fourth-order valence-corrected chi connectivity index (χ4v) is 3.06. The van der Waals surface area contributed by atoms with Crippen LogP contribution in [0.15, 0.2) is 22.7 Å². The molecule has 120 valence electrons. The molecular formula is C18H30BrNO. The summed E-state index contributed by atoms with van der Waals surface area (Å²) in [5, 5.41) is 3.60. The fraction of sp³-hybridized carbons (Fsp3) is 0.667. The molecule has 1 unspecified atom stereocenters. The molecule has 0 aliphatic carbocycles. The van der Waals surface area contributed by atoms with Gasteiger partial charge in [-0.3, -0.25) is 0 Å². The van der Waals surface area contributed by atoms with Crippen LogP contribution in [0, 0.1) is 0 Å². The third-order valence-corrected chi connectivity index (χ3v) is 4.36. The van der Waals surface area contributed by atoms with Crippen molar-refractivity contribution >= 4 is 15.9 Å². The highest BCUT2D eigenvalue weighted by Crippen LogP contribution is 2.31. The molecule has 0 heterocycles. The van der Waals surface area contributed by atoms with E-state index in [0.29, 0.717) is 6.04 Å². The molecule has 1 aromatic carbocycles. The summed E-state index contributed by atoms with van der Waals surface area (Å²) in [4.78, 5) is 0. The zero-order chi connectivity index (χ0) is 15.5.